The third kappa shape index (κ3) is 2.00. The van der Waals surface area contributed by atoms with Gasteiger partial charge in [-0.3, -0.25) is 10.5 Å². The zero-order valence-corrected chi connectivity index (χ0v) is 11.1. The second kappa shape index (κ2) is 4.47. The third-order valence-electron chi connectivity index (χ3n) is 2.95. The Labute approximate surface area is 114 Å². The number of benzene rings is 1. The van der Waals surface area contributed by atoms with E-state index in [0.29, 0.717) is 6.42 Å². The Morgan fingerprint density at radius 3 is 2.79 bits per heavy atom. The summed E-state index contributed by atoms with van der Waals surface area (Å²) < 4.78 is 6.96. The lowest BCUT2D eigenvalue weighted by molar-refractivity contribution is -0.549. The lowest BCUT2D eigenvalue weighted by Crippen LogP contribution is -2.54. The number of methoxy groups -OCH3 is 1. The van der Waals surface area contributed by atoms with Gasteiger partial charge in [0.25, 0.3) is 0 Å². The van der Waals surface area contributed by atoms with E-state index in [2.05, 4.69) is 4.99 Å². The molecule has 1 aliphatic rings. The summed E-state index contributed by atoms with van der Waals surface area (Å²) in [5, 5.41) is 2.89. The van der Waals surface area contributed by atoms with E-state index in [4.69, 9.17) is 10.5 Å². The first-order chi connectivity index (χ1) is 9.19. The van der Waals surface area contributed by atoms with Crippen molar-refractivity contribution in [3.8, 4) is 17.0 Å². The van der Waals surface area contributed by atoms with Crippen molar-refractivity contribution in [2.75, 3.05) is 7.11 Å². The predicted molar refractivity (Wildman–Crippen MR) is 72.2 cm³/mol. The van der Waals surface area contributed by atoms with Crippen LogP contribution in [0, 0.1) is 0 Å². The van der Waals surface area contributed by atoms with Gasteiger partial charge < -0.3 is 4.74 Å². The fourth-order valence-corrected chi connectivity index (χ4v) is 3.03. The maximum atomic E-state index is 11.4. The molecule has 2 N–H and O–H groups in total. The van der Waals surface area contributed by atoms with Crippen molar-refractivity contribution in [3.63, 3.8) is 0 Å². The molecule has 0 saturated heterocycles. The van der Waals surface area contributed by atoms with Gasteiger partial charge in [-0.1, -0.05) is 0 Å². The van der Waals surface area contributed by atoms with Crippen molar-refractivity contribution in [1.82, 2.24) is 0 Å². The van der Waals surface area contributed by atoms with Crippen LogP contribution in [0.2, 0.25) is 0 Å². The van der Waals surface area contributed by atoms with Gasteiger partial charge in [-0.2, -0.15) is 4.57 Å². The largest absolute Gasteiger partial charge is 0.497 e. The van der Waals surface area contributed by atoms with Crippen molar-refractivity contribution in [2.45, 2.75) is 6.42 Å². The van der Waals surface area contributed by atoms with Crippen LogP contribution in [0.4, 0.5) is 0 Å². The fourth-order valence-electron chi connectivity index (χ4n) is 2.04. The maximum Gasteiger partial charge on any atom is 0.398 e. The fraction of sp³-hybridized carbons (Fsp3) is 0.154. The summed E-state index contributed by atoms with van der Waals surface area (Å²) >= 11 is 1.51. The Bertz CT molecular complexity index is 674. The van der Waals surface area contributed by atoms with E-state index in [0.717, 1.165) is 22.0 Å². The zero-order valence-electron chi connectivity index (χ0n) is 10.3. The van der Waals surface area contributed by atoms with Crippen molar-refractivity contribution in [2.24, 2.45) is 10.7 Å². The first-order valence-corrected chi connectivity index (χ1v) is 6.61. The molecule has 5 nitrogen and oxygen atoms in total. The van der Waals surface area contributed by atoms with Crippen LogP contribution in [-0.2, 0) is 11.2 Å². The van der Waals surface area contributed by atoms with Crippen LogP contribution >= 0.6 is 11.3 Å². The number of aromatic nitrogens is 1. The number of rotatable bonds is 2. The summed E-state index contributed by atoms with van der Waals surface area (Å²) in [4.78, 5) is 15.2. The summed E-state index contributed by atoms with van der Waals surface area (Å²) in [5.41, 5.74) is 7.80. The first-order valence-electron chi connectivity index (χ1n) is 5.73. The highest BCUT2D eigenvalue weighted by molar-refractivity contribution is 7.09. The number of carbonyl (C=O) groups is 1. The number of hydrogen-bond donors (Lipinski definition) is 1. The molecule has 2 aromatic rings. The van der Waals surface area contributed by atoms with Crippen LogP contribution < -0.4 is 15.0 Å². The average molecular weight is 274 g/mol. The summed E-state index contributed by atoms with van der Waals surface area (Å²) in [6.45, 7) is 0. The molecule has 1 amide bonds. The van der Waals surface area contributed by atoms with E-state index >= 15 is 0 Å². The molecule has 0 radical (unpaired) electrons. The summed E-state index contributed by atoms with van der Waals surface area (Å²) in [6.07, 6.45) is 0.307. The number of carbonyl (C=O) groups excluding carboxylic acids is 1. The molecule has 1 aliphatic heterocycles. The number of hydrogen-bond acceptors (Lipinski definition) is 4. The molecule has 0 atom stereocenters. The molecular weight excluding hydrogens is 262 g/mol. The van der Waals surface area contributed by atoms with Crippen molar-refractivity contribution in [3.05, 3.63) is 34.7 Å². The molecule has 0 unspecified atom stereocenters. The molecule has 96 valence electrons. The van der Waals surface area contributed by atoms with Crippen LogP contribution in [0.5, 0.6) is 5.75 Å². The molecule has 0 spiro atoms. The summed E-state index contributed by atoms with van der Waals surface area (Å²) in [7, 11) is 1.63. The van der Waals surface area contributed by atoms with Gasteiger partial charge in [-0.05, 0) is 29.3 Å². The normalized spacial score (nSPS) is 13.9. The summed E-state index contributed by atoms with van der Waals surface area (Å²) in [5.74, 6) is 0.841. The first kappa shape index (κ1) is 11.9. The topological polar surface area (TPSA) is 68.6 Å². The van der Waals surface area contributed by atoms with Crippen molar-refractivity contribution < 1.29 is 14.1 Å². The van der Waals surface area contributed by atoms with E-state index < -0.39 is 0 Å². The van der Waals surface area contributed by atoms with Gasteiger partial charge in [-0.25, -0.2) is 0 Å². The van der Waals surface area contributed by atoms with Gasteiger partial charge in [-0.15, -0.1) is 11.3 Å². The number of fused-ring (bicyclic) bond motifs is 1. The molecule has 1 aromatic heterocycles. The van der Waals surface area contributed by atoms with Gasteiger partial charge in [0, 0.05) is 10.9 Å². The highest BCUT2D eigenvalue weighted by Crippen LogP contribution is 2.24. The van der Waals surface area contributed by atoms with Gasteiger partial charge >= 0.3 is 11.9 Å². The number of nitrogens with zero attached hydrogens (tertiary/aromatic N) is 2. The summed E-state index contributed by atoms with van der Waals surface area (Å²) in [6, 6.07) is 7.69. The molecule has 19 heavy (non-hydrogen) atoms. The molecule has 0 fully saturated rings. The number of amides is 1. The maximum absolute atomic E-state index is 11.4. The second-order valence-electron chi connectivity index (χ2n) is 4.12. The Hall–Kier alpha value is -2.21. The molecule has 6 heteroatoms. The van der Waals surface area contributed by atoms with Crippen LogP contribution in [0.15, 0.2) is 34.6 Å². The highest BCUT2D eigenvalue weighted by Gasteiger charge is 2.28. The molecule has 2 heterocycles. The lowest BCUT2D eigenvalue weighted by atomic mass is 10.1. The molecule has 3 rings (SSSR count). The van der Waals surface area contributed by atoms with Crippen LogP contribution in [0.3, 0.4) is 0 Å². The van der Waals surface area contributed by atoms with Crippen molar-refractivity contribution in [1.29, 1.82) is 0 Å². The Morgan fingerprint density at radius 2 is 2.11 bits per heavy atom. The minimum Gasteiger partial charge on any atom is -0.497 e. The number of aliphatic imine (C=N–C) groups is 1. The standard InChI is InChI=1S/C13H11N3O2S/c1-18-9-4-2-8(3-5-9)10-7-19-12-6-11(17)15-13(14)16(10)12/h2-5,7H,6H2,1H3,(H-,14,15,17)/p+1. The molecule has 0 aliphatic carbocycles. The Balaban J connectivity index is 2.08. The minimum absolute atomic E-state index is 0.194. The van der Waals surface area contributed by atoms with E-state index in [1.165, 1.54) is 11.3 Å². The monoisotopic (exact) mass is 274 g/mol. The molecular formula is C13H12N3O2S+. The molecule has 0 saturated carbocycles. The third-order valence-corrected chi connectivity index (χ3v) is 3.89. The van der Waals surface area contributed by atoms with Crippen LogP contribution in [0.1, 0.15) is 5.01 Å². The van der Waals surface area contributed by atoms with E-state index in [1.807, 2.05) is 34.2 Å². The van der Waals surface area contributed by atoms with E-state index in [-0.39, 0.29) is 11.9 Å². The van der Waals surface area contributed by atoms with Crippen LogP contribution in [0.25, 0.3) is 11.3 Å². The lowest BCUT2D eigenvalue weighted by Gasteiger charge is -2.07. The highest BCUT2D eigenvalue weighted by atomic mass is 32.1. The minimum atomic E-state index is -0.194. The smallest absolute Gasteiger partial charge is 0.398 e. The molecule has 1 aromatic carbocycles. The quantitative estimate of drug-likeness (QED) is 0.829. The number of ether oxygens (including phenoxy) is 1. The Kier molecular flexibility index (Phi) is 2.79. The predicted octanol–water partition coefficient (Wildman–Crippen LogP) is 0.957. The molecule has 0 bridgehead atoms. The van der Waals surface area contributed by atoms with Gasteiger partial charge in [0.15, 0.2) is 0 Å². The number of nitrogens with two attached hydrogens (primary N) is 1. The number of thiazole rings is 1. The van der Waals surface area contributed by atoms with Crippen LogP contribution in [-0.4, -0.2) is 19.0 Å². The van der Waals surface area contributed by atoms with Gasteiger partial charge in [0.1, 0.15) is 22.9 Å². The average Bonchev–Trinajstić information content (AvgIpc) is 2.83. The Morgan fingerprint density at radius 1 is 1.37 bits per heavy atom. The van der Waals surface area contributed by atoms with E-state index in [9.17, 15) is 4.79 Å². The van der Waals surface area contributed by atoms with Crippen molar-refractivity contribution >= 4 is 23.2 Å². The second-order valence-corrected chi connectivity index (χ2v) is 5.06. The zero-order chi connectivity index (χ0) is 13.4. The van der Waals surface area contributed by atoms with E-state index in [1.54, 1.807) is 7.11 Å². The SMILES string of the molecule is COc1ccc(-c2csc3[n+]2C(N)=NC(=O)C3)cc1. The van der Waals surface area contributed by atoms with Gasteiger partial charge in [0.05, 0.1) is 7.11 Å². The van der Waals surface area contributed by atoms with Gasteiger partial charge in [0.2, 0.25) is 0 Å².